The van der Waals surface area contributed by atoms with Crippen LogP contribution in [0.3, 0.4) is 0 Å². The summed E-state index contributed by atoms with van der Waals surface area (Å²) in [6, 6.07) is 0.907. The lowest BCUT2D eigenvalue weighted by Crippen LogP contribution is -2.04. The lowest BCUT2D eigenvalue weighted by molar-refractivity contribution is 0.0690. The average Bonchev–Trinajstić information content (AvgIpc) is 2.03. The summed E-state index contributed by atoms with van der Waals surface area (Å²) in [6.45, 7) is 0. The summed E-state index contributed by atoms with van der Waals surface area (Å²) in [4.78, 5) is 13.6. The molecule has 0 saturated carbocycles. The number of pyridine rings is 1. The van der Waals surface area contributed by atoms with E-state index < -0.39 is 18.0 Å². The van der Waals surface area contributed by atoms with Gasteiger partial charge in [-0.25, -0.2) is 18.6 Å². The molecule has 0 aliphatic carbocycles. The number of aromatic carboxylic acids is 1. The molecule has 0 radical (unpaired) electrons. The van der Waals surface area contributed by atoms with E-state index in [9.17, 15) is 13.6 Å². The second-order valence-corrected chi connectivity index (χ2v) is 2.30. The molecule has 0 bridgehead atoms. The number of hydrogen-bond acceptors (Lipinski definition) is 3. The van der Waals surface area contributed by atoms with Crippen molar-refractivity contribution in [1.82, 2.24) is 4.98 Å². The van der Waals surface area contributed by atoms with E-state index in [1.807, 2.05) is 0 Å². The number of nitrogens with two attached hydrogens (primary N) is 1. The van der Waals surface area contributed by atoms with Gasteiger partial charge in [-0.05, 0) is 6.07 Å². The highest BCUT2D eigenvalue weighted by atomic mass is 19.3. The van der Waals surface area contributed by atoms with Crippen molar-refractivity contribution in [3.05, 3.63) is 23.5 Å². The van der Waals surface area contributed by atoms with Gasteiger partial charge in [0.25, 0.3) is 6.43 Å². The third kappa shape index (κ3) is 1.90. The van der Waals surface area contributed by atoms with E-state index >= 15 is 0 Å². The first-order valence-electron chi connectivity index (χ1n) is 3.29. The van der Waals surface area contributed by atoms with Crippen molar-refractivity contribution in [3.63, 3.8) is 0 Å². The first-order chi connectivity index (χ1) is 6.02. The summed E-state index contributed by atoms with van der Waals surface area (Å²) in [5, 5.41) is 8.43. The van der Waals surface area contributed by atoms with Crippen molar-refractivity contribution in [2.45, 2.75) is 6.43 Å². The van der Waals surface area contributed by atoms with Gasteiger partial charge < -0.3 is 10.8 Å². The van der Waals surface area contributed by atoms with Gasteiger partial charge in [-0.2, -0.15) is 0 Å². The first kappa shape index (κ1) is 9.37. The van der Waals surface area contributed by atoms with Crippen LogP contribution in [0.25, 0.3) is 0 Å². The van der Waals surface area contributed by atoms with Crippen LogP contribution in [-0.4, -0.2) is 16.1 Å². The molecule has 0 saturated heterocycles. The van der Waals surface area contributed by atoms with E-state index in [1.165, 1.54) is 0 Å². The van der Waals surface area contributed by atoms with Crippen molar-refractivity contribution in [2.75, 3.05) is 5.73 Å². The fraction of sp³-hybridized carbons (Fsp3) is 0.143. The molecule has 0 fully saturated rings. The Kier molecular flexibility index (Phi) is 2.41. The van der Waals surface area contributed by atoms with Crippen LogP contribution in [-0.2, 0) is 0 Å². The minimum absolute atomic E-state index is 0.262. The lowest BCUT2D eigenvalue weighted by Gasteiger charge is -2.03. The Labute approximate surface area is 72.0 Å². The summed E-state index contributed by atoms with van der Waals surface area (Å²) in [5.74, 6) is -1.30. The average molecular weight is 188 g/mol. The van der Waals surface area contributed by atoms with E-state index in [2.05, 4.69) is 4.98 Å². The Hall–Kier alpha value is -1.72. The Morgan fingerprint density at radius 1 is 1.62 bits per heavy atom. The van der Waals surface area contributed by atoms with E-state index in [4.69, 9.17) is 10.8 Å². The normalized spacial score (nSPS) is 10.4. The van der Waals surface area contributed by atoms with Gasteiger partial charge in [0.2, 0.25) is 0 Å². The van der Waals surface area contributed by atoms with Gasteiger partial charge in [0.1, 0.15) is 5.69 Å². The SMILES string of the molecule is Nc1cc(C(=O)O)ncc1C(F)F. The van der Waals surface area contributed by atoms with Crippen LogP contribution in [0, 0.1) is 0 Å². The number of anilines is 1. The molecule has 0 aliphatic rings. The number of halogens is 2. The second-order valence-electron chi connectivity index (χ2n) is 2.30. The number of carbonyl (C=O) groups is 1. The third-order valence-electron chi connectivity index (χ3n) is 1.42. The molecular formula is C7H6F2N2O2. The molecule has 0 atom stereocenters. The van der Waals surface area contributed by atoms with Gasteiger partial charge in [0.05, 0.1) is 5.56 Å². The summed E-state index contributed by atoms with van der Waals surface area (Å²) >= 11 is 0. The molecule has 1 aromatic rings. The van der Waals surface area contributed by atoms with E-state index in [-0.39, 0.29) is 11.4 Å². The van der Waals surface area contributed by atoms with E-state index in [0.29, 0.717) is 0 Å². The Bertz CT molecular complexity index is 341. The van der Waals surface area contributed by atoms with Gasteiger partial charge in [0.15, 0.2) is 0 Å². The van der Waals surface area contributed by atoms with Gasteiger partial charge in [-0.3, -0.25) is 0 Å². The van der Waals surface area contributed by atoms with Gasteiger partial charge in [-0.1, -0.05) is 0 Å². The zero-order chi connectivity index (χ0) is 10.0. The van der Waals surface area contributed by atoms with Gasteiger partial charge >= 0.3 is 5.97 Å². The summed E-state index contributed by atoms with van der Waals surface area (Å²) in [6.07, 6.45) is -1.97. The summed E-state index contributed by atoms with van der Waals surface area (Å²) < 4.78 is 24.2. The van der Waals surface area contributed by atoms with Crippen molar-refractivity contribution >= 4 is 11.7 Å². The number of nitrogens with zero attached hydrogens (tertiary/aromatic N) is 1. The Balaban J connectivity index is 3.13. The Morgan fingerprint density at radius 2 is 2.23 bits per heavy atom. The quantitative estimate of drug-likeness (QED) is 0.733. The molecule has 0 unspecified atom stereocenters. The number of hydrogen-bond donors (Lipinski definition) is 2. The highest BCUT2D eigenvalue weighted by Crippen LogP contribution is 2.24. The van der Waals surface area contributed by atoms with E-state index in [1.54, 1.807) is 0 Å². The van der Waals surface area contributed by atoms with Crippen LogP contribution in [0.15, 0.2) is 12.3 Å². The predicted molar refractivity (Wildman–Crippen MR) is 40.6 cm³/mol. The highest BCUT2D eigenvalue weighted by Gasteiger charge is 2.14. The maximum atomic E-state index is 12.1. The molecule has 70 valence electrons. The monoisotopic (exact) mass is 188 g/mol. The van der Waals surface area contributed by atoms with Crippen LogP contribution < -0.4 is 5.73 Å². The largest absolute Gasteiger partial charge is 0.477 e. The second kappa shape index (κ2) is 3.34. The van der Waals surface area contributed by atoms with Crippen LogP contribution >= 0.6 is 0 Å². The number of rotatable bonds is 2. The van der Waals surface area contributed by atoms with Crippen molar-refractivity contribution in [2.24, 2.45) is 0 Å². The first-order valence-corrected chi connectivity index (χ1v) is 3.29. The topological polar surface area (TPSA) is 76.2 Å². The molecule has 0 amide bonds. The molecule has 1 heterocycles. The van der Waals surface area contributed by atoms with Crippen molar-refractivity contribution < 1.29 is 18.7 Å². The number of carboxylic acid groups (broad SMARTS) is 1. The zero-order valence-electron chi connectivity index (χ0n) is 6.37. The highest BCUT2D eigenvalue weighted by molar-refractivity contribution is 5.86. The summed E-state index contributed by atoms with van der Waals surface area (Å²) in [5.41, 5.74) is 4.12. The minimum Gasteiger partial charge on any atom is -0.477 e. The van der Waals surface area contributed by atoms with E-state index in [0.717, 1.165) is 12.3 Å². The minimum atomic E-state index is -2.74. The molecule has 1 rings (SSSR count). The molecule has 1 aromatic heterocycles. The molecule has 6 heteroatoms. The maximum absolute atomic E-state index is 12.1. The van der Waals surface area contributed by atoms with Crippen LogP contribution in [0.2, 0.25) is 0 Å². The summed E-state index contributed by atoms with van der Waals surface area (Å²) in [7, 11) is 0. The Morgan fingerprint density at radius 3 is 2.62 bits per heavy atom. The van der Waals surface area contributed by atoms with Gasteiger partial charge in [0, 0.05) is 11.9 Å². The number of aromatic nitrogens is 1. The molecule has 13 heavy (non-hydrogen) atoms. The zero-order valence-corrected chi connectivity index (χ0v) is 6.37. The van der Waals surface area contributed by atoms with Crippen LogP contribution in [0.4, 0.5) is 14.5 Å². The van der Waals surface area contributed by atoms with Crippen molar-refractivity contribution in [3.8, 4) is 0 Å². The molecule has 4 nitrogen and oxygen atoms in total. The van der Waals surface area contributed by atoms with Crippen LogP contribution in [0.5, 0.6) is 0 Å². The molecule has 0 aliphatic heterocycles. The lowest BCUT2D eigenvalue weighted by atomic mass is 10.2. The number of alkyl halides is 2. The molecular weight excluding hydrogens is 182 g/mol. The predicted octanol–water partition coefficient (Wildman–Crippen LogP) is 1.30. The number of carboxylic acids is 1. The maximum Gasteiger partial charge on any atom is 0.354 e. The fourth-order valence-electron chi connectivity index (χ4n) is 0.781. The van der Waals surface area contributed by atoms with Crippen LogP contribution in [0.1, 0.15) is 22.5 Å². The van der Waals surface area contributed by atoms with Crippen molar-refractivity contribution in [1.29, 1.82) is 0 Å². The van der Waals surface area contributed by atoms with Gasteiger partial charge in [-0.15, -0.1) is 0 Å². The molecule has 0 aromatic carbocycles. The third-order valence-corrected chi connectivity index (χ3v) is 1.42. The smallest absolute Gasteiger partial charge is 0.354 e. The fourth-order valence-corrected chi connectivity index (χ4v) is 0.781. The standard InChI is InChI=1S/C7H6F2N2O2/c8-6(9)3-2-11-5(7(12)13)1-4(3)10/h1-2,6H,(H2,10,11)(H,12,13). The molecule has 3 N–H and O–H groups in total. The molecule has 0 spiro atoms. The number of nitrogen functional groups attached to an aromatic ring is 1.